The third kappa shape index (κ3) is 4.83. The minimum atomic E-state index is 0. The Bertz CT molecular complexity index is 443. The fourth-order valence-electron chi connectivity index (χ4n) is 2.18. The van der Waals surface area contributed by atoms with Gasteiger partial charge < -0.3 is 31.9 Å². The molecule has 0 saturated heterocycles. The van der Waals surface area contributed by atoms with E-state index in [1.807, 2.05) is 13.0 Å². The van der Waals surface area contributed by atoms with Crippen molar-refractivity contribution in [3.05, 3.63) is 17.2 Å². The van der Waals surface area contributed by atoms with Crippen LogP contribution in [0.1, 0.15) is 26.7 Å². The predicted molar refractivity (Wildman–Crippen MR) is 79.1 cm³/mol. The molecule has 1 aliphatic rings. The SMILES string of the molecule is CCCC[NH2+]CC1COc2c(Cl)ccc(OCC)c2O1.[Cl-]. The molecule has 0 saturated carbocycles. The molecule has 1 heterocycles. The minimum absolute atomic E-state index is 0. The van der Waals surface area contributed by atoms with Crippen LogP contribution < -0.4 is 31.9 Å². The van der Waals surface area contributed by atoms with Crippen LogP contribution in [-0.4, -0.2) is 32.4 Å². The first-order chi connectivity index (χ1) is 9.76. The first kappa shape index (κ1) is 18.2. The van der Waals surface area contributed by atoms with Gasteiger partial charge in [-0.3, -0.25) is 0 Å². The highest BCUT2D eigenvalue weighted by Gasteiger charge is 2.27. The van der Waals surface area contributed by atoms with E-state index in [9.17, 15) is 0 Å². The van der Waals surface area contributed by atoms with Gasteiger partial charge in [-0.25, -0.2) is 0 Å². The molecule has 2 rings (SSSR count). The van der Waals surface area contributed by atoms with E-state index in [1.165, 1.54) is 12.8 Å². The number of hydrogen-bond acceptors (Lipinski definition) is 3. The molecule has 2 N–H and O–H groups in total. The third-order valence-corrected chi connectivity index (χ3v) is 3.51. The third-order valence-electron chi connectivity index (χ3n) is 3.22. The van der Waals surface area contributed by atoms with Gasteiger partial charge in [-0.1, -0.05) is 24.9 Å². The normalized spacial score (nSPS) is 16.2. The van der Waals surface area contributed by atoms with E-state index in [-0.39, 0.29) is 18.5 Å². The van der Waals surface area contributed by atoms with E-state index in [1.54, 1.807) is 6.07 Å². The maximum atomic E-state index is 6.14. The van der Waals surface area contributed by atoms with Crippen LogP contribution in [0.2, 0.25) is 5.02 Å². The zero-order valence-electron chi connectivity index (χ0n) is 12.5. The highest BCUT2D eigenvalue weighted by atomic mass is 35.5. The van der Waals surface area contributed by atoms with Gasteiger partial charge in [-0.15, -0.1) is 0 Å². The van der Waals surface area contributed by atoms with Gasteiger partial charge in [0.05, 0.1) is 18.2 Å². The van der Waals surface area contributed by atoms with Gasteiger partial charge in [0, 0.05) is 0 Å². The summed E-state index contributed by atoms with van der Waals surface area (Å²) in [4.78, 5) is 0. The van der Waals surface area contributed by atoms with Crippen LogP contribution >= 0.6 is 11.6 Å². The molecule has 1 aromatic rings. The zero-order chi connectivity index (χ0) is 14.4. The van der Waals surface area contributed by atoms with Crippen molar-refractivity contribution in [2.45, 2.75) is 32.8 Å². The summed E-state index contributed by atoms with van der Waals surface area (Å²) < 4.78 is 17.3. The van der Waals surface area contributed by atoms with Gasteiger partial charge in [-0.05, 0) is 25.5 Å². The monoisotopic (exact) mass is 335 g/mol. The number of ether oxygens (including phenoxy) is 3. The molecule has 1 aliphatic heterocycles. The first-order valence-corrected chi connectivity index (χ1v) is 7.70. The topological polar surface area (TPSA) is 44.3 Å². The molecule has 4 nitrogen and oxygen atoms in total. The molecule has 6 heteroatoms. The zero-order valence-corrected chi connectivity index (χ0v) is 14.0. The number of nitrogens with two attached hydrogens (primary N) is 1. The van der Waals surface area contributed by atoms with Crippen LogP contribution in [0.4, 0.5) is 0 Å². The molecule has 120 valence electrons. The molecule has 0 spiro atoms. The van der Waals surface area contributed by atoms with Crippen LogP contribution in [0.5, 0.6) is 17.2 Å². The van der Waals surface area contributed by atoms with Crippen molar-refractivity contribution in [3.63, 3.8) is 0 Å². The van der Waals surface area contributed by atoms with Crippen molar-refractivity contribution >= 4 is 11.6 Å². The molecule has 0 fully saturated rings. The summed E-state index contributed by atoms with van der Waals surface area (Å²) in [6.45, 7) is 7.27. The van der Waals surface area contributed by atoms with E-state index in [2.05, 4.69) is 12.2 Å². The molecular weight excluding hydrogens is 313 g/mol. The summed E-state index contributed by atoms with van der Waals surface area (Å²) in [6, 6.07) is 3.61. The Morgan fingerprint density at radius 2 is 2.14 bits per heavy atom. The first-order valence-electron chi connectivity index (χ1n) is 7.32. The van der Waals surface area contributed by atoms with E-state index in [4.69, 9.17) is 25.8 Å². The Kier molecular flexibility index (Phi) is 8.01. The van der Waals surface area contributed by atoms with Crippen molar-refractivity contribution in [1.82, 2.24) is 0 Å². The molecule has 1 aromatic carbocycles. The minimum Gasteiger partial charge on any atom is -1.00 e. The molecule has 1 atom stereocenters. The number of quaternary nitrogens is 1. The summed E-state index contributed by atoms with van der Waals surface area (Å²) >= 11 is 6.14. The van der Waals surface area contributed by atoms with Crippen LogP contribution in [-0.2, 0) is 0 Å². The number of rotatable bonds is 7. The predicted octanol–water partition coefficient (Wildman–Crippen LogP) is -0.754. The fourth-order valence-corrected chi connectivity index (χ4v) is 2.38. The molecule has 0 radical (unpaired) electrons. The van der Waals surface area contributed by atoms with E-state index >= 15 is 0 Å². The Morgan fingerprint density at radius 1 is 1.33 bits per heavy atom. The van der Waals surface area contributed by atoms with E-state index in [0.29, 0.717) is 35.5 Å². The van der Waals surface area contributed by atoms with Crippen molar-refractivity contribution in [2.24, 2.45) is 0 Å². The van der Waals surface area contributed by atoms with E-state index in [0.717, 1.165) is 13.1 Å². The number of hydrogen-bond donors (Lipinski definition) is 1. The molecular formula is C15H23Cl2NO3. The number of fused-ring (bicyclic) bond motifs is 1. The van der Waals surface area contributed by atoms with Crippen LogP contribution in [0, 0.1) is 0 Å². The second-order valence-corrected chi connectivity index (χ2v) is 5.26. The van der Waals surface area contributed by atoms with Gasteiger partial charge in [0.15, 0.2) is 17.6 Å². The molecule has 0 aromatic heterocycles. The quantitative estimate of drug-likeness (QED) is 0.666. The van der Waals surface area contributed by atoms with Crippen LogP contribution in [0.3, 0.4) is 0 Å². The summed E-state index contributed by atoms with van der Waals surface area (Å²) in [7, 11) is 0. The highest BCUT2D eigenvalue weighted by molar-refractivity contribution is 6.32. The maximum Gasteiger partial charge on any atom is 0.205 e. The Balaban J connectivity index is 0.00000220. The number of unbranched alkanes of at least 4 members (excludes halogenated alkanes) is 1. The highest BCUT2D eigenvalue weighted by Crippen LogP contribution is 2.45. The molecule has 0 bridgehead atoms. The lowest BCUT2D eigenvalue weighted by Crippen LogP contribution is -3.00. The largest absolute Gasteiger partial charge is 1.00 e. The Labute approximate surface area is 137 Å². The number of halogens is 2. The van der Waals surface area contributed by atoms with Gasteiger partial charge in [0.25, 0.3) is 0 Å². The van der Waals surface area contributed by atoms with Crippen LogP contribution in [0.25, 0.3) is 0 Å². The average Bonchev–Trinajstić information content (AvgIpc) is 2.47. The van der Waals surface area contributed by atoms with Crippen LogP contribution in [0.15, 0.2) is 12.1 Å². The lowest BCUT2D eigenvalue weighted by molar-refractivity contribution is -0.660. The summed E-state index contributed by atoms with van der Waals surface area (Å²) in [6.07, 6.45) is 2.48. The molecule has 0 aliphatic carbocycles. The Hall–Kier alpha value is -0.840. The lowest BCUT2D eigenvalue weighted by atomic mass is 10.2. The van der Waals surface area contributed by atoms with Crippen molar-refractivity contribution in [1.29, 1.82) is 0 Å². The second-order valence-electron chi connectivity index (χ2n) is 4.85. The van der Waals surface area contributed by atoms with Gasteiger partial charge in [0.2, 0.25) is 5.75 Å². The summed E-state index contributed by atoms with van der Waals surface area (Å²) in [5, 5.41) is 2.84. The lowest BCUT2D eigenvalue weighted by Gasteiger charge is -2.27. The standard InChI is InChI=1S/C15H22ClNO3.ClH/c1-3-5-8-17-9-11-10-19-14-12(16)6-7-13(18-4-2)15(14)20-11;/h6-7,11,17H,3-5,8-10H2,1-2H3;1H. The Morgan fingerprint density at radius 3 is 2.86 bits per heavy atom. The fraction of sp³-hybridized carbons (Fsp3) is 0.600. The van der Waals surface area contributed by atoms with Crippen molar-refractivity contribution in [3.8, 4) is 17.2 Å². The van der Waals surface area contributed by atoms with Gasteiger partial charge in [0.1, 0.15) is 13.2 Å². The molecule has 0 amide bonds. The van der Waals surface area contributed by atoms with Crippen molar-refractivity contribution in [2.75, 3.05) is 26.3 Å². The maximum absolute atomic E-state index is 6.14. The summed E-state index contributed by atoms with van der Waals surface area (Å²) in [5.41, 5.74) is 0. The second kappa shape index (κ2) is 9.23. The molecule has 21 heavy (non-hydrogen) atoms. The van der Waals surface area contributed by atoms with E-state index < -0.39 is 0 Å². The number of benzene rings is 1. The van der Waals surface area contributed by atoms with Gasteiger partial charge in [-0.2, -0.15) is 0 Å². The molecule has 1 unspecified atom stereocenters. The average molecular weight is 336 g/mol. The van der Waals surface area contributed by atoms with Crippen molar-refractivity contribution < 1.29 is 31.9 Å². The summed E-state index contributed by atoms with van der Waals surface area (Å²) in [5.74, 6) is 1.94. The smallest absolute Gasteiger partial charge is 0.205 e. The van der Waals surface area contributed by atoms with Gasteiger partial charge >= 0.3 is 0 Å².